The maximum absolute atomic E-state index is 5.62. The Morgan fingerprint density at radius 1 is 1.42 bits per heavy atom. The molecular formula is C15H26N2O2. The number of ether oxygens (including phenoxy) is 1. The van der Waals surface area contributed by atoms with Crippen LogP contribution in [0.3, 0.4) is 0 Å². The van der Waals surface area contributed by atoms with Crippen molar-refractivity contribution in [3.63, 3.8) is 0 Å². The highest BCUT2D eigenvalue weighted by Crippen LogP contribution is 2.25. The van der Waals surface area contributed by atoms with Gasteiger partial charge in [-0.25, -0.2) is 0 Å². The van der Waals surface area contributed by atoms with Gasteiger partial charge in [0.1, 0.15) is 5.76 Å². The molecule has 1 aliphatic rings. The fourth-order valence-corrected chi connectivity index (χ4v) is 2.65. The minimum atomic E-state index is 0.363. The zero-order valence-electron chi connectivity index (χ0n) is 12.1. The van der Waals surface area contributed by atoms with E-state index < -0.39 is 0 Å². The predicted molar refractivity (Wildman–Crippen MR) is 76.2 cm³/mol. The summed E-state index contributed by atoms with van der Waals surface area (Å²) >= 11 is 0. The number of nitrogens with one attached hydrogen (secondary N) is 1. The highest BCUT2D eigenvalue weighted by Gasteiger charge is 2.25. The van der Waals surface area contributed by atoms with Crippen molar-refractivity contribution in [2.24, 2.45) is 0 Å². The van der Waals surface area contributed by atoms with Gasteiger partial charge in [-0.1, -0.05) is 0 Å². The Hall–Kier alpha value is -0.840. The molecule has 4 nitrogen and oxygen atoms in total. The van der Waals surface area contributed by atoms with Crippen molar-refractivity contribution in [3.05, 3.63) is 24.2 Å². The van der Waals surface area contributed by atoms with Crippen LogP contribution in [0.15, 0.2) is 22.8 Å². The highest BCUT2D eigenvalue weighted by molar-refractivity contribution is 5.06. The van der Waals surface area contributed by atoms with Gasteiger partial charge in [0.05, 0.1) is 12.3 Å². The first-order valence-corrected chi connectivity index (χ1v) is 7.31. The third-order valence-electron chi connectivity index (χ3n) is 3.87. The summed E-state index contributed by atoms with van der Waals surface area (Å²) in [6.07, 6.45) is 5.42. The van der Waals surface area contributed by atoms with Crippen LogP contribution in [0.5, 0.6) is 0 Å². The summed E-state index contributed by atoms with van der Waals surface area (Å²) in [5, 5.41) is 3.60. The van der Waals surface area contributed by atoms with E-state index >= 15 is 0 Å². The third kappa shape index (κ3) is 4.34. The normalized spacial score (nSPS) is 19.7. The van der Waals surface area contributed by atoms with Crippen LogP contribution in [0.1, 0.15) is 38.0 Å². The monoisotopic (exact) mass is 266 g/mol. The van der Waals surface area contributed by atoms with E-state index in [1.54, 1.807) is 13.4 Å². The first kappa shape index (κ1) is 14.6. The molecule has 0 amide bonds. The van der Waals surface area contributed by atoms with Crippen molar-refractivity contribution >= 4 is 0 Å². The van der Waals surface area contributed by atoms with Gasteiger partial charge in [0.25, 0.3) is 0 Å². The fourth-order valence-electron chi connectivity index (χ4n) is 2.65. The number of furan rings is 1. The van der Waals surface area contributed by atoms with Gasteiger partial charge >= 0.3 is 0 Å². The van der Waals surface area contributed by atoms with Gasteiger partial charge in [0.2, 0.25) is 0 Å². The number of nitrogens with zero attached hydrogens (tertiary/aromatic N) is 1. The van der Waals surface area contributed by atoms with E-state index in [-0.39, 0.29) is 0 Å². The van der Waals surface area contributed by atoms with Crippen molar-refractivity contribution in [2.45, 2.75) is 38.3 Å². The summed E-state index contributed by atoms with van der Waals surface area (Å²) in [6, 6.07) is 4.90. The molecule has 1 aliphatic heterocycles. The Morgan fingerprint density at radius 3 is 2.84 bits per heavy atom. The van der Waals surface area contributed by atoms with Gasteiger partial charge in [0, 0.05) is 26.3 Å². The molecule has 108 valence electrons. The summed E-state index contributed by atoms with van der Waals surface area (Å²) in [7, 11) is 1.75. The lowest BCUT2D eigenvalue weighted by Gasteiger charge is -2.27. The van der Waals surface area contributed by atoms with Gasteiger partial charge in [-0.3, -0.25) is 4.90 Å². The van der Waals surface area contributed by atoms with Crippen molar-refractivity contribution in [3.8, 4) is 0 Å². The van der Waals surface area contributed by atoms with Crippen molar-refractivity contribution in [2.75, 3.05) is 33.4 Å². The molecule has 1 aromatic rings. The molecule has 0 aliphatic carbocycles. The van der Waals surface area contributed by atoms with Crippen LogP contribution in [0.2, 0.25) is 0 Å². The van der Waals surface area contributed by atoms with E-state index in [0.29, 0.717) is 12.1 Å². The minimum absolute atomic E-state index is 0.363. The summed E-state index contributed by atoms with van der Waals surface area (Å²) in [5.41, 5.74) is 0. The lowest BCUT2D eigenvalue weighted by Crippen LogP contribution is -2.38. The van der Waals surface area contributed by atoms with E-state index in [1.165, 1.54) is 25.9 Å². The Balaban J connectivity index is 1.87. The molecular weight excluding hydrogens is 240 g/mol. The quantitative estimate of drug-likeness (QED) is 0.784. The van der Waals surface area contributed by atoms with Crippen LogP contribution < -0.4 is 5.32 Å². The average molecular weight is 266 g/mol. The molecule has 0 radical (unpaired) electrons. The summed E-state index contributed by atoms with van der Waals surface area (Å²) in [4.78, 5) is 2.52. The van der Waals surface area contributed by atoms with Crippen LogP contribution in [-0.2, 0) is 4.74 Å². The second-order valence-corrected chi connectivity index (χ2v) is 5.37. The summed E-state index contributed by atoms with van der Waals surface area (Å²) < 4.78 is 10.7. The smallest absolute Gasteiger partial charge is 0.122 e. The van der Waals surface area contributed by atoms with Gasteiger partial charge < -0.3 is 14.5 Å². The standard InChI is InChI=1S/C15H26N2O2/c1-13(7-11-18-2)16-12-14(15-6-5-10-19-15)17-8-3-4-9-17/h5-6,10,13-14,16H,3-4,7-9,11-12H2,1-2H3. The SMILES string of the molecule is COCCC(C)NCC(c1ccco1)N1CCCC1. The van der Waals surface area contributed by atoms with E-state index in [2.05, 4.69) is 23.2 Å². The summed E-state index contributed by atoms with van der Waals surface area (Å²) in [5.74, 6) is 1.08. The van der Waals surface area contributed by atoms with E-state index in [1.807, 2.05) is 6.07 Å². The van der Waals surface area contributed by atoms with Gasteiger partial charge in [-0.2, -0.15) is 0 Å². The Bertz CT molecular complexity index is 334. The maximum Gasteiger partial charge on any atom is 0.122 e. The van der Waals surface area contributed by atoms with Gasteiger partial charge in [-0.15, -0.1) is 0 Å². The molecule has 1 aromatic heterocycles. The van der Waals surface area contributed by atoms with Crippen LogP contribution in [0.25, 0.3) is 0 Å². The molecule has 2 unspecified atom stereocenters. The third-order valence-corrected chi connectivity index (χ3v) is 3.87. The molecule has 1 saturated heterocycles. The van der Waals surface area contributed by atoms with Crippen LogP contribution >= 0.6 is 0 Å². The maximum atomic E-state index is 5.62. The topological polar surface area (TPSA) is 37.6 Å². The molecule has 0 spiro atoms. The Labute approximate surface area is 116 Å². The second-order valence-electron chi connectivity index (χ2n) is 5.37. The van der Waals surface area contributed by atoms with Crippen LogP contribution in [0.4, 0.5) is 0 Å². The van der Waals surface area contributed by atoms with E-state index in [0.717, 1.165) is 25.3 Å². The zero-order valence-corrected chi connectivity index (χ0v) is 12.1. The van der Waals surface area contributed by atoms with Gasteiger partial charge in [0.15, 0.2) is 0 Å². The van der Waals surface area contributed by atoms with Gasteiger partial charge in [-0.05, 0) is 51.4 Å². The lowest BCUT2D eigenvalue weighted by molar-refractivity contribution is 0.175. The molecule has 19 heavy (non-hydrogen) atoms. The molecule has 2 rings (SSSR count). The van der Waals surface area contributed by atoms with E-state index in [9.17, 15) is 0 Å². The Kier molecular flexibility index (Phi) is 5.89. The molecule has 2 atom stereocenters. The number of hydrogen-bond acceptors (Lipinski definition) is 4. The largest absolute Gasteiger partial charge is 0.468 e. The first-order chi connectivity index (χ1) is 9.31. The zero-order chi connectivity index (χ0) is 13.5. The molecule has 1 N–H and O–H groups in total. The number of methoxy groups -OCH3 is 1. The molecule has 2 heterocycles. The molecule has 1 fully saturated rings. The second kappa shape index (κ2) is 7.68. The van der Waals surface area contributed by atoms with Crippen molar-refractivity contribution in [1.29, 1.82) is 0 Å². The Morgan fingerprint density at radius 2 is 2.21 bits per heavy atom. The van der Waals surface area contributed by atoms with E-state index in [4.69, 9.17) is 9.15 Å². The number of hydrogen-bond donors (Lipinski definition) is 1. The predicted octanol–water partition coefficient (Wildman–Crippen LogP) is 2.43. The van der Waals surface area contributed by atoms with Crippen molar-refractivity contribution < 1.29 is 9.15 Å². The first-order valence-electron chi connectivity index (χ1n) is 7.31. The number of rotatable bonds is 8. The van der Waals surface area contributed by atoms with Crippen LogP contribution in [-0.4, -0.2) is 44.3 Å². The highest BCUT2D eigenvalue weighted by atomic mass is 16.5. The molecule has 0 aromatic carbocycles. The summed E-state index contributed by atoms with van der Waals surface area (Å²) in [6.45, 7) is 6.32. The number of likely N-dealkylation sites (tertiary alicyclic amines) is 1. The molecule has 0 saturated carbocycles. The van der Waals surface area contributed by atoms with Crippen LogP contribution in [0, 0.1) is 0 Å². The fraction of sp³-hybridized carbons (Fsp3) is 0.733. The lowest BCUT2D eigenvalue weighted by atomic mass is 10.1. The minimum Gasteiger partial charge on any atom is -0.468 e. The van der Waals surface area contributed by atoms with Crippen molar-refractivity contribution in [1.82, 2.24) is 10.2 Å². The molecule has 0 bridgehead atoms. The average Bonchev–Trinajstić information content (AvgIpc) is 3.09. The molecule has 4 heteroatoms.